The highest BCUT2D eigenvalue weighted by atomic mass is 16.6. The lowest BCUT2D eigenvalue weighted by atomic mass is 9.98. The summed E-state index contributed by atoms with van der Waals surface area (Å²) in [5.41, 5.74) is 7.42. The van der Waals surface area contributed by atoms with Gasteiger partial charge >= 0.3 is 6.09 Å². The number of aromatic nitrogens is 4. The van der Waals surface area contributed by atoms with Gasteiger partial charge in [0.1, 0.15) is 23.7 Å². The number of hydrogen-bond acceptors (Lipinski definition) is 9. The zero-order chi connectivity index (χ0) is 43.5. The van der Waals surface area contributed by atoms with Crippen LogP contribution < -0.4 is 10.6 Å². The molecule has 0 radical (unpaired) electrons. The molecule has 2 saturated heterocycles. The molecule has 2 aromatic heterocycles. The number of nitrogens with zero attached hydrogens (tertiary/aromatic N) is 4. The van der Waals surface area contributed by atoms with Gasteiger partial charge in [-0.25, -0.2) is 14.8 Å². The minimum Gasteiger partial charge on any atom is -0.453 e. The minimum absolute atomic E-state index is 0.109. The van der Waals surface area contributed by atoms with Crippen LogP contribution in [-0.2, 0) is 19.1 Å². The molecule has 5 unspecified atom stereocenters. The lowest BCUT2D eigenvalue weighted by molar-refractivity contribution is -0.143. The molecule has 5 atom stereocenters. The second-order valence-corrected chi connectivity index (χ2v) is 16.3. The molecule has 320 valence electrons. The Morgan fingerprint density at radius 3 is 2.06 bits per heavy atom. The number of H-pyrrole nitrogens is 2. The van der Waals surface area contributed by atoms with E-state index in [1.54, 1.807) is 11.1 Å². The third-order valence-corrected chi connectivity index (χ3v) is 11.9. The number of alkyl carbamates (subject to hydrolysis) is 1. The summed E-state index contributed by atoms with van der Waals surface area (Å²) >= 11 is 0. The van der Waals surface area contributed by atoms with Crippen LogP contribution in [0.5, 0.6) is 0 Å². The summed E-state index contributed by atoms with van der Waals surface area (Å²) in [7, 11) is 2.66. The minimum atomic E-state index is -1.32. The molecule has 8 rings (SSSR count). The molecule has 14 heteroatoms. The Kier molecular flexibility index (Phi) is 12.3. The first-order chi connectivity index (χ1) is 30.0. The molecule has 4 heterocycles. The number of likely N-dealkylation sites (tertiary alicyclic amines) is 2. The molecule has 0 spiro atoms. The smallest absolute Gasteiger partial charge is 0.407 e. The van der Waals surface area contributed by atoms with Gasteiger partial charge in [0.15, 0.2) is 0 Å². The number of benzene rings is 4. The maximum Gasteiger partial charge on any atom is 0.407 e. The summed E-state index contributed by atoms with van der Waals surface area (Å²) in [5, 5.41) is 18.0. The molecular formula is C48H52N8O6. The molecular weight excluding hydrogens is 785 g/mol. The number of carbonyl (C=O) groups excluding carboxylic acids is 3. The first kappa shape index (κ1) is 42.1. The van der Waals surface area contributed by atoms with E-state index in [1.165, 1.54) is 14.2 Å². The monoisotopic (exact) mass is 836 g/mol. The second-order valence-electron chi connectivity index (χ2n) is 16.3. The number of aliphatic hydroxyl groups is 1. The van der Waals surface area contributed by atoms with E-state index in [4.69, 9.17) is 19.4 Å². The molecule has 0 saturated carbocycles. The van der Waals surface area contributed by atoms with Crippen LogP contribution in [0.4, 0.5) is 4.79 Å². The standard InChI is InChI=1S/C48H52N8O6/c1-28(2)41(53-47(59)61-4)45(57)55-21-9-12-39(55)43-49-26-38(52-43)36-20-19-34-23-33(17-18-35(34)24-36)30-13-15-31(16-14-30)37-25-50-44(51-37)40-22-29(3)27-56(40)46(58)42(54-48(60)62-5)32-10-7-6-8-11-32/h6-8,10-11,13-20,23-26,28,39-42,48,54,60H,3,9,12,21-22,27H2,1-2,4-5H3,(H,49,52)(H,50,51)(H,53,59). The fraction of sp³-hybridized carbons (Fsp3) is 0.312. The van der Waals surface area contributed by atoms with Crippen LogP contribution in [-0.4, -0.2) is 92.5 Å². The maximum absolute atomic E-state index is 14.1. The van der Waals surface area contributed by atoms with E-state index in [0.29, 0.717) is 30.9 Å². The summed E-state index contributed by atoms with van der Waals surface area (Å²) in [6.07, 6.45) is 3.85. The molecule has 0 bridgehead atoms. The summed E-state index contributed by atoms with van der Waals surface area (Å²) in [6.45, 7) is 8.97. The molecule has 0 aliphatic carbocycles. The van der Waals surface area contributed by atoms with E-state index >= 15 is 0 Å². The van der Waals surface area contributed by atoms with Crippen molar-refractivity contribution in [3.05, 3.63) is 133 Å². The average Bonchev–Trinajstić information content (AvgIpc) is 4.14. The van der Waals surface area contributed by atoms with E-state index in [-0.39, 0.29) is 29.8 Å². The molecule has 14 nitrogen and oxygen atoms in total. The van der Waals surface area contributed by atoms with E-state index in [9.17, 15) is 19.5 Å². The number of carbonyl (C=O) groups is 3. The third-order valence-electron chi connectivity index (χ3n) is 11.9. The predicted octanol–water partition coefficient (Wildman–Crippen LogP) is 7.41. The molecule has 3 amide bonds. The summed E-state index contributed by atoms with van der Waals surface area (Å²) in [6, 6.07) is 28.2. The zero-order valence-electron chi connectivity index (χ0n) is 35.3. The fourth-order valence-electron chi connectivity index (χ4n) is 8.54. The highest BCUT2D eigenvalue weighted by Gasteiger charge is 2.39. The van der Waals surface area contributed by atoms with Crippen molar-refractivity contribution in [2.75, 3.05) is 27.3 Å². The van der Waals surface area contributed by atoms with Gasteiger partial charge < -0.3 is 39.7 Å². The van der Waals surface area contributed by atoms with E-state index in [1.807, 2.05) is 55.3 Å². The molecule has 6 aromatic rings. The van der Waals surface area contributed by atoms with Crippen molar-refractivity contribution < 1.29 is 29.0 Å². The quantitative estimate of drug-likeness (QED) is 0.0586. The maximum atomic E-state index is 14.1. The van der Waals surface area contributed by atoms with Gasteiger partial charge in [0.25, 0.3) is 0 Å². The number of fused-ring (bicyclic) bond motifs is 1. The van der Waals surface area contributed by atoms with E-state index in [2.05, 4.69) is 87.8 Å². The Labute approximate surface area is 360 Å². The first-order valence-corrected chi connectivity index (χ1v) is 20.9. The van der Waals surface area contributed by atoms with Gasteiger partial charge in [-0.1, -0.05) is 105 Å². The number of hydrogen-bond donors (Lipinski definition) is 5. The summed E-state index contributed by atoms with van der Waals surface area (Å²) in [5.74, 6) is 0.924. The number of rotatable bonds is 13. The van der Waals surface area contributed by atoms with Crippen molar-refractivity contribution in [1.29, 1.82) is 0 Å². The molecule has 62 heavy (non-hydrogen) atoms. The Balaban J connectivity index is 0.951. The highest BCUT2D eigenvalue weighted by molar-refractivity contribution is 5.91. The van der Waals surface area contributed by atoms with Crippen molar-refractivity contribution in [1.82, 2.24) is 40.4 Å². The number of amides is 3. The van der Waals surface area contributed by atoms with Crippen LogP contribution in [0, 0.1) is 5.92 Å². The van der Waals surface area contributed by atoms with Gasteiger partial charge in [0, 0.05) is 25.8 Å². The van der Waals surface area contributed by atoms with Crippen LogP contribution in [0.3, 0.4) is 0 Å². The number of imidazole rings is 2. The molecule has 4 aromatic carbocycles. The number of nitrogens with one attached hydrogen (secondary N) is 4. The average molecular weight is 837 g/mol. The van der Waals surface area contributed by atoms with Crippen molar-refractivity contribution in [3.63, 3.8) is 0 Å². The van der Waals surface area contributed by atoms with Crippen LogP contribution in [0.1, 0.15) is 68.4 Å². The number of aliphatic hydroxyl groups excluding tert-OH is 1. The van der Waals surface area contributed by atoms with E-state index < -0.39 is 24.6 Å². The zero-order valence-corrected chi connectivity index (χ0v) is 35.3. The second kappa shape index (κ2) is 18.2. The van der Waals surface area contributed by atoms with Crippen molar-refractivity contribution in [3.8, 4) is 33.6 Å². The van der Waals surface area contributed by atoms with Crippen molar-refractivity contribution in [2.45, 2.75) is 63.7 Å². The van der Waals surface area contributed by atoms with Crippen LogP contribution in [0.25, 0.3) is 44.4 Å². The van der Waals surface area contributed by atoms with Gasteiger partial charge in [-0.05, 0) is 70.3 Å². The predicted molar refractivity (Wildman–Crippen MR) is 236 cm³/mol. The normalized spacial score (nSPS) is 18.0. The van der Waals surface area contributed by atoms with Crippen molar-refractivity contribution >= 4 is 28.7 Å². The molecule has 5 N–H and O–H groups in total. The van der Waals surface area contributed by atoms with Gasteiger partial charge in [-0.15, -0.1) is 0 Å². The van der Waals surface area contributed by atoms with Crippen LogP contribution >= 0.6 is 0 Å². The number of methoxy groups -OCH3 is 2. The van der Waals surface area contributed by atoms with Crippen LogP contribution in [0.2, 0.25) is 0 Å². The number of aromatic amines is 2. The van der Waals surface area contributed by atoms with E-state index in [0.717, 1.165) is 68.7 Å². The Hall–Kier alpha value is -6.61. The Bertz CT molecular complexity index is 2570. The lowest BCUT2D eigenvalue weighted by Gasteiger charge is -2.30. The summed E-state index contributed by atoms with van der Waals surface area (Å²) in [4.78, 5) is 59.6. The lowest BCUT2D eigenvalue weighted by Crippen LogP contribution is -2.51. The Morgan fingerprint density at radius 2 is 1.40 bits per heavy atom. The fourth-order valence-corrected chi connectivity index (χ4v) is 8.54. The largest absolute Gasteiger partial charge is 0.453 e. The first-order valence-electron chi connectivity index (χ1n) is 20.9. The van der Waals surface area contributed by atoms with Crippen LogP contribution in [0.15, 0.2) is 116 Å². The molecule has 2 aliphatic heterocycles. The molecule has 2 aliphatic rings. The highest BCUT2D eigenvalue weighted by Crippen LogP contribution is 2.37. The molecule has 2 fully saturated rings. The van der Waals surface area contributed by atoms with Crippen molar-refractivity contribution in [2.24, 2.45) is 5.92 Å². The Morgan fingerprint density at radius 1 is 0.790 bits per heavy atom. The third kappa shape index (κ3) is 8.75. The van der Waals surface area contributed by atoms with Gasteiger partial charge in [-0.2, -0.15) is 0 Å². The van der Waals surface area contributed by atoms with Gasteiger partial charge in [0.2, 0.25) is 18.2 Å². The van der Waals surface area contributed by atoms with Gasteiger partial charge in [0.05, 0.1) is 43.0 Å². The topological polar surface area (TPSA) is 178 Å². The van der Waals surface area contributed by atoms with Gasteiger partial charge in [-0.3, -0.25) is 14.9 Å². The summed E-state index contributed by atoms with van der Waals surface area (Å²) < 4.78 is 9.80. The SMILES string of the molecule is C=C1CC(c2ncc(-c3ccc(-c4ccc5cc(-c6cnc(C7CCCN7C(=O)C(NC(=O)OC)C(C)C)[nH]6)ccc5c4)cc3)[nH]2)N(C(=O)C(NC(O)OC)c2ccccc2)C1. The number of ether oxygens (including phenoxy) is 2.